The molecule has 0 fully saturated rings. The third-order valence-electron chi connectivity index (χ3n) is 4.06. The van der Waals surface area contributed by atoms with Crippen molar-refractivity contribution in [2.75, 3.05) is 0 Å². The zero-order valence-electron chi connectivity index (χ0n) is 14.4. The lowest BCUT2D eigenvalue weighted by Crippen LogP contribution is -2.13. The molecule has 0 atom stereocenters. The molecule has 4 aromatic rings. The molecule has 28 heavy (non-hydrogen) atoms. The van der Waals surface area contributed by atoms with Gasteiger partial charge in [0.1, 0.15) is 0 Å². The topological polar surface area (TPSA) is 30.2 Å². The van der Waals surface area contributed by atoms with Crippen molar-refractivity contribution in [3.63, 3.8) is 0 Å². The summed E-state index contributed by atoms with van der Waals surface area (Å²) >= 11 is 7.48. The number of aryl methyl sites for hydroxylation is 1. The average molecular weight is 418 g/mol. The van der Waals surface area contributed by atoms with E-state index in [4.69, 9.17) is 11.6 Å². The fourth-order valence-electron chi connectivity index (χ4n) is 2.68. The quantitative estimate of drug-likeness (QED) is 0.364. The van der Waals surface area contributed by atoms with Crippen LogP contribution in [0.25, 0.3) is 16.9 Å². The summed E-state index contributed by atoms with van der Waals surface area (Å²) in [5, 5.41) is 6.28. The number of nitrogens with zero attached hydrogens (tertiary/aromatic N) is 3. The second-order valence-electron chi connectivity index (χ2n) is 6.01. The molecule has 3 heterocycles. The Labute approximate surface area is 167 Å². The van der Waals surface area contributed by atoms with Crippen LogP contribution in [-0.4, -0.2) is 14.6 Å². The van der Waals surface area contributed by atoms with Gasteiger partial charge in [0.2, 0.25) is 0 Å². The van der Waals surface area contributed by atoms with Gasteiger partial charge in [0.25, 0.3) is 0 Å². The molecule has 3 nitrogen and oxygen atoms in total. The molecule has 0 aliphatic rings. The number of fused-ring (bicyclic) bond motifs is 1. The molecule has 8 heteroatoms. The first-order valence-electron chi connectivity index (χ1n) is 8.11. The Bertz CT molecular complexity index is 1230. The molecular weight excluding hydrogens is 407 g/mol. The van der Waals surface area contributed by atoms with Crippen molar-refractivity contribution in [1.29, 1.82) is 0 Å². The van der Waals surface area contributed by atoms with E-state index in [0.29, 0.717) is 16.1 Å². The van der Waals surface area contributed by atoms with Gasteiger partial charge in [-0.15, -0.1) is 11.3 Å². The van der Waals surface area contributed by atoms with Gasteiger partial charge in [-0.2, -0.15) is 18.3 Å². The zero-order valence-corrected chi connectivity index (χ0v) is 16.0. The van der Waals surface area contributed by atoms with Crippen LogP contribution in [0, 0.1) is 18.8 Å². The Hall–Kier alpha value is -2.82. The van der Waals surface area contributed by atoms with E-state index < -0.39 is 11.9 Å². The Morgan fingerprint density at radius 1 is 1.14 bits per heavy atom. The lowest BCUT2D eigenvalue weighted by Gasteiger charge is -2.11. The van der Waals surface area contributed by atoms with E-state index in [2.05, 4.69) is 21.9 Å². The molecule has 0 saturated carbocycles. The van der Waals surface area contributed by atoms with Crippen LogP contribution in [0.5, 0.6) is 0 Å². The highest BCUT2D eigenvalue weighted by Gasteiger charge is 2.35. The predicted molar refractivity (Wildman–Crippen MR) is 103 cm³/mol. The van der Waals surface area contributed by atoms with E-state index >= 15 is 0 Å². The first-order chi connectivity index (χ1) is 13.3. The molecule has 3 aromatic heterocycles. The first kappa shape index (κ1) is 18.5. The Morgan fingerprint density at radius 2 is 1.96 bits per heavy atom. The van der Waals surface area contributed by atoms with Gasteiger partial charge in [0.15, 0.2) is 11.3 Å². The van der Waals surface area contributed by atoms with Crippen molar-refractivity contribution in [3.8, 4) is 23.1 Å². The van der Waals surface area contributed by atoms with Gasteiger partial charge in [-0.05, 0) is 42.1 Å². The van der Waals surface area contributed by atoms with Crippen LogP contribution in [0.2, 0.25) is 5.02 Å². The van der Waals surface area contributed by atoms with Crippen LogP contribution < -0.4 is 0 Å². The minimum absolute atomic E-state index is 0.0569. The molecule has 1 aromatic carbocycles. The van der Waals surface area contributed by atoms with Crippen LogP contribution in [0.3, 0.4) is 0 Å². The van der Waals surface area contributed by atoms with E-state index in [1.54, 1.807) is 25.1 Å². The van der Waals surface area contributed by atoms with E-state index in [9.17, 15) is 13.2 Å². The number of halogens is 4. The minimum atomic E-state index is -4.60. The summed E-state index contributed by atoms with van der Waals surface area (Å²) in [4.78, 5) is 5.21. The van der Waals surface area contributed by atoms with Crippen molar-refractivity contribution in [1.82, 2.24) is 14.6 Å². The Kier molecular flexibility index (Phi) is 4.61. The molecule has 0 spiro atoms. The number of rotatable bonds is 1. The number of benzene rings is 1. The number of hydrogen-bond donors (Lipinski definition) is 0. The summed E-state index contributed by atoms with van der Waals surface area (Å²) in [5.41, 5.74) is 0.936. The average Bonchev–Trinajstić information content (AvgIpc) is 3.30. The second kappa shape index (κ2) is 6.97. The van der Waals surface area contributed by atoms with Crippen LogP contribution in [0.15, 0.2) is 48.0 Å². The van der Waals surface area contributed by atoms with E-state index in [1.807, 2.05) is 17.5 Å². The fraction of sp³-hybridized carbons (Fsp3) is 0.100. The molecule has 0 unspecified atom stereocenters. The maximum absolute atomic E-state index is 13.6. The van der Waals surface area contributed by atoms with Gasteiger partial charge in [-0.25, -0.2) is 9.50 Å². The number of thiophene rings is 1. The predicted octanol–water partition coefficient (Wildman–Crippen LogP) is 5.84. The lowest BCUT2D eigenvalue weighted by molar-refractivity contribution is -0.142. The number of aromatic nitrogens is 3. The zero-order chi connectivity index (χ0) is 19.9. The van der Waals surface area contributed by atoms with Crippen LogP contribution >= 0.6 is 22.9 Å². The van der Waals surface area contributed by atoms with Gasteiger partial charge in [-0.1, -0.05) is 35.6 Å². The largest absolute Gasteiger partial charge is 0.433 e. The molecule has 0 saturated heterocycles. The molecule has 0 aliphatic heterocycles. The smallest absolute Gasteiger partial charge is 0.227 e. The molecule has 140 valence electrons. The third-order valence-corrected chi connectivity index (χ3v) is 5.27. The third kappa shape index (κ3) is 3.49. The second-order valence-corrected chi connectivity index (χ2v) is 7.36. The van der Waals surface area contributed by atoms with E-state index in [-0.39, 0.29) is 11.3 Å². The first-order valence-corrected chi connectivity index (χ1v) is 9.37. The van der Waals surface area contributed by atoms with Crippen molar-refractivity contribution in [3.05, 3.63) is 74.7 Å². The van der Waals surface area contributed by atoms with Crippen LogP contribution in [0.1, 0.15) is 21.7 Å². The lowest BCUT2D eigenvalue weighted by atomic mass is 10.1. The molecule has 0 bridgehead atoms. The van der Waals surface area contributed by atoms with Gasteiger partial charge in [0.05, 0.1) is 22.3 Å². The Balaban J connectivity index is 1.93. The SMILES string of the molecule is Cc1cc(-c2cc(C(F)(F)F)n3ncc(C#Cc4cccs4)c3n2)ccc1Cl. The van der Waals surface area contributed by atoms with Crippen LogP contribution in [0.4, 0.5) is 13.2 Å². The van der Waals surface area contributed by atoms with E-state index in [0.717, 1.165) is 21.0 Å². The highest BCUT2D eigenvalue weighted by Crippen LogP contribution is 2.33. The molecule has 0 aliphatic carbocycles. The maximum atomic E-state index is 13.6. The van der Waals surface area contributed by atoms with Crippen molar-refractivity contribution >= 4 is 28.6 Å². The van der Waals surface area contributed by atoms with Gasteiger partial charge < -0.3 is 0 Å². The molecule has 0 radical (unpaired) electrons. The van der Waals surface area contributed by atoms with E-state index in [1.165, 1.54) is 17.5 Å². The summed E-state index contributed by atoms with van der Waals surface area (Å²) in [7, 11) is 0. The Morgan fingerprint density at radius 3 is 2.64 bits per heavy atom. The molecular formula is C20H11ClF3N3S. The molecule has 0 amide bonds. The van der Waals surface area contributed by atoms with Crippen molar-refractivity contribution in [2.24, 2.45) is 0 Å². The fourth-order valence-corrected chi connectivity index (χ4v) is 3.37. The standard InChI is InChI=1S/C20H11ClF3N3S/c1-12-9-13(5-7-16(12)21)17-10-18(20(22,23)24)27-19(26-17)14(11-25-27)4-6-15-3-2-8-28-15/h2-3,5,7-11H,1H3. The van der Waals surface area contributed by atoms with Gasteiger partial charge >= 0.3 is 6.18 Å². The molecule has 4 rings (SSSR count). The van der Waals surface area contributed by atoms with Gasteiger partial charge in [0, 0.05) is 10.6 Å². The number of hydrogen-bond acceptors (Lipinski definition) is 3. The maximum Gasteiger partial charge on any atom is 0.433 e. The summed E-state index contributed by atoms with van der Waals surface area (Å²) in [6.07, 6.45) is -3.29. The van der Waals surface area contributed by atoms with Crippen LogP contribution in [-0.2, 0) is 6.18 Å². The van der Waals surface area contributed by atoms with Crippen molar-refractivity contribution in [2.45, 2.75) is 13.1 Å². The summed E-state index contributed by atoms with van der Waals surface area (Å²) < 4.78 is 41.7. The normalized spacial score (nSPS) is 11.5. The molecule has 0 N–H and O–H groups in total. The summed E-state index contributed by atoms with van der Waals surface area (Å²) in [6, 6.07) is 9.65. The highest BCUT2D eigenvalue weighted by atomic mass is 35.5. The summed E-state index contributed by atoms with van der Waals surface area (Å²) in [6.45, 7) is 1.78. The summed E-state index contributed by atoms with van der Waals surface area (Å²) in [5.74, 6) is 5.80. The number of alkyl halides is 3. The minimum Gasteiger partial charge on any atom is -0.227 e. The highest BCUT2D eigenvalue weighted by molar-refractivity contribution is 7.10. The monoisotopic (exact) mass is 417 g/mol. The van der Waals surface area contributed by atoms with Gasteiger partial charge in [-0.3, -0.25) is 0 Å². The van der Waals surface area contributed by atoms with Crippen molar-refractivity contribution < 1.29 is 13.2 Å².